The van der Waals surface area contributed by atoms with Gasteiger partial charge in [0.25, 0.3) is 0 Å². The molecule has 0 aromatic carbocycles. The summed E-state index contributed by atoms with van der Waals surface area (Å²) in [4.78, 5) is 16.4. The van der Waals surface area contributed by atoms with Crippen LogP contribution >= 0.6 is 0 Å². The SMILES string of the molecule is N#CCC(C1CCCC1)C1C=C(c2ncnc3[nH]ccc23)C(N)=N1. The highest BCUT2D eigenvalue weighted by Crippen LogP contribution is 2.39. The van der Waals surface area contributed by atoms with Crippen LogP contribution in [0.3, 0.4) is 0 Å². The third kappa shape index (κ3) is 2.46. The van der Waals surface area contributed by atoms with Crippen LogP contribution in [0.1, 0.15) is 37.8 Å². The molecule has 2 atom stereocenters. The van der Waals surface area contributed by atoms with Gasteiger partial charge in [-0.25, -0.2) is 9.97 Å². The molecule has 0 saturated heterocycles. The lowest BCUT2D eigenvalue weighted by Crippen LogP contribution is -2.23. The fourth-order valence-corrected chi connectivity index (χ4v) is 4.09. The molecule has 1 fully saturated rings. The number of H-pyrrole nitrogens is 1. The zero-order valence-electron chi connectivity index (χ0n) is 13.4. The number of amidine groups is 1. The van der Waals surface area contributed by atoms with Crippen LogP contribution in [-0.2, 0) is 0 Å². The van der Waals surface area contributed by atoms with E-state index in [0.717, 1.165) is 22.3 Å². The van der Waals surface area contributed by atoms with Crippen molar-refractivity contribution in [3.63, 3.8) is 0 Å². The van der Waals surface area contributed by atoms with Gasteiger partial charge in [0.2, 0.25) is 0 Å². The highest BCUT2D eigenvalue weighted by Gasteiger charge is 2.34. The van der Waals surface area contributed by atoms with E-state index in [9.17, 15) is 5.26 Å². The van der Waals surface area contributed by atoms with Crippen molar-refractivity contribution in [1.82, 2.24) is 15.0 Å². The van der Waals surface area contributed by atoms with Gasteiger partial charge in [0.05, 0.1) is 17.8 Å². The molecule has 0 amide bonds. The molecule has 0 bridgehead atoms. The van der Waals surface area contributed by atoms with Gasteiger partial charge in [0.15, 0.2) is 0 Å². The summed E-state index contributed by atoms with van der Waals surface area (Å²) in [5.41, 5.74) is 8.70. The Morgan fingerprint density at radius 2 is 2.17 bits per heavy atom. The summed E-state index contributed by atoms with van der Waals surface area (Å²) in [5, 5.41) is 10.2. The molecule has 1 saturated carbocycles. The molecule has 6 heteroatoms. The first-order valence-electron chi connectivity index (χ1n) is 8.49. The number of nitrogens with two attached hydrogens (primary N) is 1. The van der Waals surface area contributed by atoms with Crippen molar-refractivity contribution >= 4 is 22.4 Å². The average Bonchev–Trinajstić information content (AvgIpc) is 3.32. The monoisotopic (exact) mass is 320 g/mol. The largest absolute Gasteiger partial charge is 0.383 e. The standard InChI is InChI=1S/C18H20N6/c19-7-5-12(11-3-1-2-4-11)15-9-14(17(20)24-15)16-13-6-8-21-18(13)23-10-22-16/h6,8-12,15H,1-5H2,(H2,20,24)(H,21,22,23). The first-order chi connectivity index (χ1) is 11.8. The van der Waals surface area contributed by atoms with Gasteiger partial charge in [-0.15, -0.1) is 0 Å². The van der Waals surface area contributed by atoms with Gasteiger partial charge in [-0.05, 0) is 18.1 Å². The molecule has 2 unspecified atom stereocenters. The number of aromatic nitrogens is 3. The topological polar surface area (TPSA) is 104 Å². The zero-order valence-corrected chi connectivity index (χ0v) is 13.4. The van der Waals surface area contributed by atoms with E-state index in [4.69, 9.17) is 5.73 Å². The number of fused-ring (bicyclic) bond motifs is 1. The molecule has 1 aliphatic heterocycles. The number of rotatable bonds is 4. The van der Waals surface area contributed by atoms with Crippen molar-refractivity contribution in [3.8, 4) is 6.07 Å². The number of nitrogens with one attached hydrogen (secondary N) is 1. The number of aliphatic imine (C=N–C) groups is 1. The molecule has 1 aliphatic carbocycles. The van der Waals surface area contributed by atoms with Crippen LogP contribution in [-0.4, -0.2) is 26.8 Å². The smallest absolute Gasteiger partial charge is 0.141 e. The second-order valence-electron chi connectivity index (χ2n) is 6.62. The van der Waals surface area contributed by atoms with Gasteiger partial charge >= 0.3 is 0 Å². The van der Waals surface area contributed by atoms with Crippen LogP contribution in [0, 0.1) is 23.2 Å². The second kappa shape index (κ2) is 6.08. The maximum atomic E-state index is 9.24. The highest BCUT2D eigenvalue weighted by molar-refractivity contribution is 6.25. The average molecular weight is 320 g/mol. The third-order valence-corrected chi connectivity index (χ3v) is 5.28. The maximum Gasteiger partial charge on any atom is 0.141 e. The molecule has 3 N–H and O–H groups in total. The maximum absolute atomic E-state index is 9.24. The van der Waals surface area contributed by atoms with Crippen LogP contribution in [0.4, 0.5) is 0 Å². The number of nitrogens with zero attached hydrogens (tertiary/aromatic N) is 4. The van der Waals surface area contributed by atoms with Crippen molar-refractivity contribution in [2.24, 2.45) is 22.6 Å². The van der Waals surface area contributed by atoms with E-state index in [2.05, 4.69) is 32.1 Å². The van der Waals surface area contributed by atoms with Crippen molar-refractivity contribution in [3.05, 3.63) is 30.4 Å². The summed E-state index contributed by atoms with van der Waals surface area (Å²) in [6.45, 7) is 0. The molecule has 3 heterocycles. The molecule has 6 nitrogen and oxygen atoms in total. The highest BCUT2D eigenvalue weighted by atomic mass is 15.0. The van der Waals surface area contributed by atoms with Crippen LogP contribution in [0.5, 0.6) is 0 Å². The molecule has 2 aromatic rings. The molecular weight excluding hydrogens is 300 g/mol. The van der Waals surface area contributed by atoms with E-state index in [1.807, 2.05) is 12.3 Å². The molecular formula is C18H20N6. The fraction of sp³-hybridized carbons (Fsp3) is 0.444. The quantitative estimate of drug-likeness (QED) is 0.903. The summed E-state index contributed by atoms with van der Waals surface area (Å²) in [6, 6.07) is 4.28. The molecule has 0 spiro atoms. The van der Waals surface area contributed by atoms with E-state index in [-0.39, 0.29) is 12.0 Å². The Balaban J connectivity index is 1.70. The first-order valence-corrected chi connectivity index (χ1v) is 8.49. The van der Waals surface area contributed by atoms with E-state index < -0.39 is 0 Å². The van der Waals surface area contributed by atoms with Crippen molar-refractivity contribution in [1.29, 1.82) is 5.26 Å². The number of hydrogen-bond acceptors (Lipinski definition) is 5. The minimum atomic E-state index is -0.0216. The summed E-state index contributed by atoms with van der Waals surface area (Å²) >= 11 is 0. The number of aromatic amines is 1. The van der Waals surface area contributed by atoms with Crippen molar-refractivity contribution in [2.45, 2.75) is 38.1 Å². The Kier molecular flexibility index (Phi) is 3.77. The molecule has 0 radical (unpaired) electrons. The van der Waals surface area contributed by atoms with Gasteiger partial charge < -0.3 is 10.7 Å². The van der Waals surface area contributed by atoms with Crippen molar-refractivity contribution < 1.29 is 0 Å². The molecule has 4 rings (SSSR count). The van der Waals surface area contributed by atoms with E-state index in [1.54, 1.807) is 6.33 Å². The predicted molar refractivity (Wildman–Crippen MR) is 93.0 cm³/mol. The molecule has 24 heavy (non-hydrogen) atoms. The van der Waals surface area contributed by atoms with Crippen LogP contribution < -0.4 is 5.73 Å². The molecule has 2 aliphatic rings. The van der Waals surface area contributed by atoms with E-state index >= 15 is 0 Å². The summed E-state index contributed by atoms with van der Waals surface area (Å²) in [6.07, 6.45) is 10.9. The lowest BCUT2D eigenvalue weighted by molar-refractivity contribution is 0.319. The van der Waals surface area contributed by atoms with Crippen LogP contribution in [0.15, 0.2) is 29.7 Å². The van der Waals surface area contributed by atoms with Gasteiger partial charge in [0, 0.05) is 29.5 Å². The van der Waals surface area contributed by atoms with Gasteiger partial charge in [-0.1, -0.05) is 25.7 Å². The summed E-state index contributed by atoms with van der Waals surface area (Å²) in [7, 11) is 0. The van der Waals surface area contributed by atoms with Gasteiger partial charge in [-0.3, -0.25) is 4.99 Å². The van der Waals surface area contributed by atoms with Gasteiger partial charge in [-0.2, -0.15) is 5.26 Å². The van der Waals surface area contributed by atoms with E-state index in [1.165, 1.54) is 25.7 Å². The van der Waals surface area contributed by atoms with Crippen LogP contribution in [0.25, 0.3) is 16.6 Å². The minimum absolute atomic E-state index is 0.0216. The lowest BCUT2D eigenvalue weighted by Gasteiger charge is -2.23. The second-order valence-corrected chi connectivity index (χ2v) is 6.62. The van der Waals surface area contributed by atoms with Crippen molar-refractivity contribution in [2.75, 3.05) is 0 Å². The first kappa shape index (κ1) is 14.9. The summed E-state index contributed by atoms with van der Waals surface area (Å²) in [5.74, 6) is 1.33. The Morgan fingerprint density at radius 1 is 1.33 bits per heavy atom. The Morgan fingerprint density at radius 3 is 2.96 bits per heavy atom. The fourth-order valence-electron chi connectivity index (χ4n) is 4.09. The Hall–Kier alpha value is -2.68. The van der Waals surface area contributed by atoms with E-state index in [0.29, 0.717) is 18.2 Å². The Bertz CT molecular complexity index is 850. The summed E-state index contributed by atoms with van der Waals surface area (Å²) < 4.78 is 0. The van der Waals surface area contributed by atoms with Gasteiger partial charge in [0.1, 0.15) is 17.8 Å². The zero-order chi connectivity index (χ0) is 16.5. The van der Waals surface area contributed by atoms with Crippen LogP contribution in [0.2, 0.25) is 0 Å². The normalized spacial score (nSPS) is 22.4. The lowest BCUT2D eigenvalue weighted by atomic mass is 9.82. The predicted octanol–water partition coefficient (Wildman–Crippen LogP) is 2.80. The number of nitriles is 1. The Labute approximate surface area is 140 Å². The number of hydrogen-bond donors (Lipinski definition) is 2. The minimum Gasteiger partial charge on any atom is -0.383 e. The third-order valence-electron chi connectivity index (χ3n) is 5.28. The molecule has 122 valence electrons. The molecule has 2 aromatic heterocycles.